The highest BCUT2D eigenvalue weighted by atomic mass is 35.5. The number of amides is 1. The molecule has 31 heavy (non-hydrogen) atoms. The first-order valence-electron chi connectivity index (χ1n) is 9.35. The van der Waals surface area contributed by atoms with Crippen LogP contribution in [0, 0.1) is 12.3 Å². The van der Waals surface area contributed by atoms with Crippen LogP contribution >= 0.6 is 23.4 Å². The van der Waals surface area contributed by atoms with Crippen LogP contribution in [0.15, 0.2) is 52.4 Å². The third kappa shape index (κ3) is 5.61. The second-order valence-corrected chi connectivity index (χ2v) is 7.73. The molecule has 6 nitrogen and oxygen atoms in total. The van der Waals surface area contributed by atoms with Crippen LogP contribution in [0.1, 0.15) is 5.56 Å². The van der Waals surface area contributed by atoms with E-state index >= 15 is 0 Å². The molecule has 1 heterocycles. The Morgan fingerprint density at radius 3 is 2.71 bits per heavy atom. The number of thioether (sulfide) groups is 1. The minimum atomic E-state index is -0.153. The van der Waals surface area contributed by atoms with Crippen LogP contribution in [-0.2, 0) is 9.53 Å². The summed E-state index contributed by atoms with van der Waals surface area (Å²) in [4.78, 5) is 19.8. The Morgan fingerprint density at radius 2 is 2.03 bits per heavy atom. The molecule has 0 saturated carbocycles. The summed E-state index contributed by atoms with van der Waals surface area (Å²) < 4.78 is 16.0. The number of amidine groups is 1. The van der Waals surface area contributed by atoms with Crippen LogP contribution in [0.2, 0.25) is 5.02 Å². The van der Waals surface area contributed by atoms with Crippen molar-refractivity contribution in [2.24, 2.45) is 4.99 Å². The number of nitrogens with zero attached hydrogens (tertiary/aromatic N) is 2. The van der Waals surface area contributed by atoms with Gasteiger partial charge in [0, 0.05) is 7.11 Å². The molecule has 2 aromatic carbocycles. The van der Waals surface area contributed by atoms with Gasteiger partial charge in [-0.05, 0) is 47.7 Å². The highest BCUT2D eigenvalue weighted by Gasteiger charge is 2.33. The van der Waals surface area contributed by atoms with E-state index < -0.39 is 0 Å². The van der Waals surface area contributed by atoms with Crippen LogP contribution in [0.4, 0.5) is 5.69 Å². The van der Waals surface area contributed by atoms with Crippen LogP contribution < -0.4 is 9.47 Å². The molecule has 0 atom stereocenters. The normalized spacial score (nSPS) is 16.1. The van der Waals surface area contributed by atoms with E-state index in [2.05, 4.69) is 10.9 Å². The number of carbonyl (C=O) groups is 1. The molecule has 1 aliphatic rings. The minimum absolute atomic E-state index is 0.0681. The van der Waals surface area contributed by atoms with E-state index in [1.807, 2.05) is 30.3 Å². The van der Waals surface area contributed by atoms with Crippen LogP contribution in [0.3, 0.4) is 0 Å². The van der Waals surface area contributed by atoms with E-state index in [-0.39, 0.29) is 12.5 Å². The fourth-order valence-corrected chi connectivity index (χ4v) is 4.11. The second-order valence-electron chi connectivity index (χ2n) is 6.32. The predicted octanol–water partition coefficient (Wildman–Crippen LogP) is 4.61. The third-order valence-electron chi connectivity index (χ3n) is 4.24. The standard InChI is InChI=1S/C23H21ClN2O4S/c1-4-11-30-21-18(24)13-16(14-19(21)29-3)15-20-22(27)26(10-12-28-2)23(31-20)25-17-8-6-5-7-9-17/h1,5-9,13-15H,10-12H2,2-3H3/b20-15-,25-23?. The second kappa shape index (κ2) is 10.9. The van der Waals surface area contributed by atoms with E-state index in [4.69, 9.17) is 32.2 Å². The molecular weight excluding hydrogens is 436 g/mol. The first-order chi connectivity index (χ1) is 15.1. The number of carbonyl (C=O) groups excluding carboxylic acids is 1. The Hall–Kier alpha value is -2.92. The van der Waals surface area contributed by atoms with Crippen LogP contribution in [0.5, 0.6) is 11.5 Å². The predicted molar refractivity (Wildman–Crippen MR) is 125 cm³/mol. The summed E-state index contributed by atoms with van der Waals surface area (Å²) in [6.07, 6.45) is 7.00. The van der Waals surface area contributed by atoms with Crippen molar-refractivity contribution in [1.82, 2.24) is 4.90 Å². The summed E-state index contributed by atoms with van der Waals surface area (Å²) >= 11 is 7.65. The van der Waals surface area contributed by atoms with Gasteiger partial charge in [0.15, 0.2) is 16.7 Å². The maximum Gasteiger partial charge on any atom is 0.266 e. The van der Waals surface area contributed by atoms with Crippen molar-refractivity contribution >= 4 is 46.2 Å². The summed E-state index contributed by atoms with van der Waals surface area (Å²) in [5.74, 6) is 3.04. The first-order valence-corrected chi connectivity index (χ1v) is 10.5. The molecular formula is C23H21ClN2O4S. The molecule has 1 aliphatic heterocycles. The number of terminal acetylenes is 1. The lowest BCUT2D eigenvalue weighted by atomic mass is 10.1. The molecule has 0 N–H and O–H groups in total. The van der Waals surface area contributed by atoms with Gasteiger partial charge in [0.05, 0.1) is 35.9 Å². The van der Waals surface area contributed by atoms with Gasteiger partial charge in [-0.15, -0.1) is 6.42 Å². The molecule has 0 unspecified atom stereocenters. The summed E-state index contributed by atoms with van der Waals surface area (Å²) in [7, 11) is 3.11. The smallest absolute Gasteiger partial charge is 0.266 e. The number of halogens is 1. The molecule has 1 fully saturated rings. The number of aliphatic imine (C=N–C) groups is 1. The number of rotatable bonds is 8. The lowest BCUT2D eigenvalue weighted by molar-refractivity contribution is -0.122. The molecule has 1 amide bonds. The molecule has 0 spiro atoms. The van der Waals surface area contributed by atoms with Crippen LogP contribution in [0.25, 0.3) is 6.08 Å². The van der Waals surface area contributed by atoms with Gasteiger partial charge >= 0.3 is 0 Å². The van der Waals surface area contributed by atoms with Gasteiger partial charge in [-0.2, -0.15) is 0 Å². The average molecular weight is 457 g/mol. The number of para-hydroxylation sites is 1. The Bertz CT molecular complexity index is 1050. The Kier molecular flexibility index (Phi) is 8.01. The summed E-state index contributed by atoms with van der Waals surface area (Å²) in [6.45, 7) is 0.862. The topological polar surface area (TPSA) is 60.4 Å². The van der Waals surface area contributed by atoms with Gasteiger partial charge in [0.2, 0.25) is 0 Å². The largest absolute Gasteiger partial charge is 0.493 e. The SMILES string of the molecule is C#CCOc1c(Cl)cc(/C=C2\SC(=Nc3ccccc3)N(CCOC)C2=O)cc1OC. The molecule has 3 rings (SSSR count). The summed E-state index contributed by atoms with van der Waals surface area (Å²) in [6, 6.07) is 12.9. The zero-order chi connectivity index (χ0) is 22.2. The summed E-state index contributed by atoms with van der Waals surface area (Å²) in [5.41, 5.74) is 1.46. The van der Waals surface area contributed by atoms with Gasteiger partial charge in [-0.25, -0.2) is 4.99 Å². The zero-order valence-corrected chi connectivity index (χ0v) is 18.7. The Balaban J connectivity index is 1.95. The zero-order valence-electron chi connectivity index (χ0n) is 17.1. The van der Waals surface area contributed by atoms with E-state index in [9.17, 15) is 4.79 Å². The number of hydrogen-bond donors (Lipinski definition) is 0. The van der Waals surface area contributed by atoms with Crippen molar-refractivity contribution in [3.8, 4) is 23.8 Å². The van der Waals surface area contributed by atoms with Gasteiger partial charge in [0.1, 0.15) is 6.61 Å². The molecule has 0 aromatic heterocycles. The highest BCUT2D eigenvalue weighted by molar-refractivity contribution is 8.18. The van der Waals surface area contributed by atoms with Gasteiger partial charge < -0.3 is 14.2 Å². The maximum atomic E-state index is 13.1. The molecule has 8 heteroatoms. The fraction of sp³-hybridized carbons (Fsp3) is 0.217. The van der Waals surface area contributed by atoms with Crippen molar-refractivity contribution in [1.29, 1.82) is 0 Å². The average Bonchev–Trinajstić information content (AvgIpc) is 3.05. The van der Waals surface area contributed by atoms with Crippen molar-refractivity contribution in [3.63, 3.8) is 0 Å². The van der Waals surface area contributed by atoms with Crippen molar-refractivity contribution in [2.75, 3.05) is 34.0 Å². The molecule has 1 saturated heterocycles. The van der Waals surface area contributed by atoms with Crippen molar-refractivity contribution in [2.45, 2.75) is 0 Å². The number of methoxy groups -OCH3 is 2. The van der Waals surface area contributed by atoms with Gasteiger partial charge in [-0.1, -0.05) is 35.7 Å². The Labute approximate surface area is 190 Å². The summed E-state index contributed by atoms with van der Waals surface area (Å²) in [5, 5.41) is 0.929. The van der Waals surface area contributed by atoms with Crippen molar-refractivity contribution in [3.05, 3.63) is 58.0 Å². The van der Waals surface area contributed by atoms with E-state index in [1.54, 1.807) is 30.2 Å². The first kappa shape index (κ1) is 22.8. The lowest BCUT2D eigenvalue weighted by Gasteiger charge is -2.14. The molecule has 160 valence electrons. The minimum Gasteiger partial charge on any atom is -0.493 e. The number of hydrogen-bond acceptors (Lipinski definition) is 6. The lowest BCUT2D eigenvalue weighted by Crippen LogP contribution is -2.32. The fourth-order valence-electron chi connectivity index (χ4n) is 2.81. The van der Waals surface area contributed by atoms with Gasteiger partial charge in [0.25, 0.3) is 5.91 Å². The highest BCUT2D eigenvalue weighted by Crippen LogP contribution is 2.39. The number of ether oxygens (including phenoxy) is 3. The monoisotopic (exact) mass is 456 g/mol. The number of benzene rings is 2. The van der Waals surface area contributed by atoms with Crippen LogP contribution in [-0.4, -0.2) is 50.0 Å². The Morgan fingerprint density at radius 1 is 1.26 bits per heavy atom. The van der Waals surface area contributed by atoms with Crippen molar-refractivity contribution < 1.29 is 19.0 Å². The van der Waals surface area contributed by atoms with E-state index in [0.29, 0.717) is 45.3 Å². The maximum absolute atomic E-state index is 13.1. The molecule has 0 bridgehead atoms. The van der Waals surface area contributed by atoms with E-state index in [1.165, 1.54) is 18.9 Å². The molecule has 0 radical (unpaired) electrons. The quantitative estimate of drug-likeness (QED) is 0.429. The van der Waals surface area contributed by atoms with Gasteiger partial charge in [-0.3, -0.25) is 9.69 Å². The molecule has 2 aromatic rings. The van der Waals surface area contributed by atoms with E-state index in [0.717, 1.165) is 5.69 Å². The molecule has 0 aliphatic carbocycles. The third-order valence-corrected chi connectivity index (χ3v) is 5.52.